The van der Waals surface area contributed by atoms with Crippen LogP contribution in [0.25, 0.3) is 0 Å². The number of nitrogens with one attached hydrogen (secondary N) is 1. The molecule has 1 heterocycles. The molecule has 0 atom stereocenters. The van der Waals surface area contributed by atoms with Gasteiger partial charge in [0, 0.05) is 22.7 Å². The van der Waals surface area contributed by atoms with Crippen molar-refractivity contribution in [3.8, 4) is 0 Å². The van der Waals surface area contributed by atoms with E-state index in [1.54, 1.807) is 12.1 Å². The fraction of sp³-hybridized carbons (Fsp3) is 0.167. The smallest absolute Gasteiger partial charge is 0.241 e. The molecule has 1 aromatic carbocycles. The van der Waals surface area contributed by atoms with Crippen molar-refractivity contribution in [3.63, 3.8) is 0 Å². The highest BCUT2D eigenvalue weighted by atomic mass is 35.5. The van der Waals surface area contributed by atoms with Crippen LogP contribution in [0.5, 0.6) is 0 Å². The van der Waals surface area contributed by atoms with E-state index in [1.165, 1.54) is 24.3 Å². The molecule has 4 nitrogen and oxygen atoms in total. The molecule has 8 heteroatoms. The van der Waals surface area contributed by atoms with Crippen LogP contribution in [0, 0.1) is 12.7 Å². The Balaban J connectivity index is 2.27. The van der Waals surface area contributed by atoms with E-state index in [9.17, 15) is 12.8 Å². The van der Waals surface area contributed by atoms with Crippen LogP contribution in [0.4, 0.5) is 10.1 Å². The van der Waals surface area contributed by atoms with E-state index in [4.69, 9.17) is 17.3 Å². The third-order valence-corrected chi connectivity index (χ3v) is 5.43. The number of anilines is 1. The van der Waals surface area contributed by atoms with Gasteiger partial charge in [-0.05, 0) is 31.2 Å². The summed E-state index contributed by atoms with van der Waals surface area (Å²) in [7, 11) is -3.83. The van der Waals surface area contributed by atoms with E-state index in [0.29, 0.717) is 4.34 Å². The zero-order valence-corrected chi connectivity index (χ0v) is 12.9. The first kappa shape index (κ1) is 15.2. The summed E-state index contributed by atoms with van der Waals surface area (Å²) in [6.07, 6.45) is 0. The Morgan fingerprint density at radius 3 is 2.70 bits per heavy atom. The normalized spacial score (nSPS) is 11.8. The van der Waals surface area contributed by atoms with Crippen LogP contribution >= 0.6 is 22.9 Å². The lowest BCUT2D eigenvalue weighted by Gasteiger charge is -2.10. The molecule has 2 aromatic rings. The molecule has 20 heavy (non-hydrogen) atoms. The number of hydrogen-bond acceptors (Lipinski definition) is 4. The Bertz CT molecular complexity index is 744. The number of sulfonamides is 1. The third-order valence-electron chi connectivity index (χ3n) is 2.67. The molecule has 0 aliphatic carbocycles. The van der Waals surface area contributed by atoms with Gasteiger partial charge in [-0.25, -0.2) is 17.5 Å². The Hall–Kier alpha value is -1.15. The van der Waals surface area contributed by atoms with Crippen molar-refractivity contribution >= 4 is 38.6 Å². The number of nitrogens with two attached hydrogens (primary N) is 1. The van der Waals surface area contributed by atoms with Gasteiger partial charge in [-0.2, -0.15) is 0 Å². The molecule has 0 amide bonds. The topological polar surface area (TPSA) is 72.2 Å². The summed E-state index contributed by atoms with van der Waals surface area (Å²) in [4.78, 5) is 0.609. The highest BCUT2D eigenvalue weighted by Crippen LogP contribution is 2.24. The van der Waals surface area contributed by atoms with Crippen molar-refractivity contribution in [2.75, 3.05) is 5.73 Å². The van der Waals surface area contributed by atoms with Gasteiger partial charge in [0.2, 0.25) is 10.0 Å². The lowest BCUT2D eigenvalue weighted by Crippen LogP contribution is -2.24. The zero-order chi connectivity index (χ0) is 14.9. The van der Waals surface area contributed by atoms with Gasteiger partial charge in [0.15, 0.2) is 0 Å². The fourth-order valence-corrected chi connectivity index (χ4v) is 4.05. The van der Waals surface area contributed by atoms with Gasteiger partial charge in [-0.3, -0.25) is 0 Å². The van der Waals surface area contributed by atoms with Crippen molar-refractivity contribution in [3.05, 3.63) is 44.9 Å². The second-order valence-electron chi connectivity index (χ2n) is 4.16. The Morgan fingerprint density at radius 2 is 2.10 bits per heavy atom. The van der Waals surface area contributed by atoms with Gasteiger partial charge in [0.1, 0.15) is 5.82 Å². The van der Waals surface area contributed by atoms with Crippen LogP contribution in [-0.4, -0.2) is 8.42 Å². The third kappa shape index (κ3) is 3.29. The first-order valence-electron chi connectivity index (χ1n) is 5.59. The average molecular weight is 335 g/mol. The minimum absolute atomic E-state index is 0.0379. The standard InChI is InChI=1S/C12H12ClFN2O2S2/c1-7-10(14)4-8(15)5-11(7)20(17,18)16-6-9-2-3-12(13)19-9/h2-5,16H,6,15H2,1H3. The van der Waals surface area contributed by atoms with Crippen molar-refractivity contribution < 1.29 is 12.8 Å². The van der Waals surface area contributed by atoms with Gasteiger partial charge in [0.05, 0.1) is 9.23 Å². The average Bonchev–Trinajstić information content (AvgIpc) is 2.77. The van der Waals surface area contributed by atoms with Crippen molar-refractivity contribution in [1.82, 2.24) is 4.72 Å². The second kappa shape index (κ2) is 5.69. The maximum absolute atomic E-state index is 13.5. The molecule has 0 saturated heterocycles. The number of benzene rings is 1. The van der Waals surface area contributed by atoms with Crippen LogP contribution in [-0.2, 0) is 16.6 Å². The summed E-state index contributed by atoms with van der Waals surface area (Å²) in [6.45, 7) is 1.49. The maximum Gasteiger partial charge on any atom is 0.241 e. The summed E-state index contributed by atoms with van der Waals surface area (Å²) in [6, 6.07) is 5.74. The van der Waals surface area contributed by atoms with Crippen molar-refractivity contribution in [1.29, 1.82) is 0 Å². The number of nitrogen functional groups attached to an aromatic ring is 1. The van der Waals surface area contributed by atoms with E-state index in [2.05, 4.69) is 4.72 Å². The lowest BCUT2D eigenvalue weighted by molar-refractivity contribution is 0.575. The largest absolute Gasteiger partial charge is 0.399 e. The maximum atomic E-state index is 13.5. The van der Waals surface area contributed by atoms with Gasteiger partial charge in [0.25, 0.3) is 0 Å². The van der Waals surface area contributed by atoms with Crippen LogP contribution in [0.1, 0.15) is 10.4 Å². The predicted octanol–water partition coefficient (Wildman–Crippen LogP) is 2.91. The van der Waals surface area contributed by atoms with Crippen molar-refractivity contribution in [2.45, 2.75) is 18.4 Å². The van der Waals surface area contributed by atoms with Gasteiger partial charge < -0.3 is 5.73 Å². The van der Waals surface area contributed by atoms with E-state index >= 15 is 0 Å². The van der Waals surface area contributed by atoms with Crippen molar-refractivity contribution in [2.24, 2.45) is 0 Å². The molecular formula is C12H12ClFN2O2S2. The Morgan fingerprint density at radius 1 is 1.40 bits per heavy atom. The first-order chi connectivity index (χ1) is 9.29. The minimum Gasteiger partial charge on any atom is -0.399 e. The molecule has 0 spiro atoms. The summed E-state index contributed by atoms with van der Waals surface area (Å²) in [5.41, 5.74) is 5.59. The van der Waals surface area contributed by atoms with Crippen LogP contribution in [0.15, 0.2) is 29.2 Å². The Labute approximate surface area is 125 Å². The molecule has 0 bridgehead atoms. The molecule has 0 unspecified atom stereocenters. The number of halogens is 2. The molecule has 0 radical (unpaired) electrons. The highest BCUT2D eigenvalue weighted by Gasteiger charge is 2.19. The molecule has 108 valence electrons. The fourth-order valence-electron chi connectivity index (χ4n) is 1.64. The summed E-state index contributed by atoms with van der Waals surface area (Å²) in [5.74, 6) is -0.649. The van der Waals surface area contributed by atoms with Crippen LogP contribution in [0.3, 0.4) is 0 Å². The highest BCUT2D eigenvalue weighted by molar-refractivity contribution is 7.89. The molecule has 2 rings (SSSR count). The summed E-state index contributed by atoms with van der Waals surface area (Å²) >= 11 is 7.04. The molecule has 3 N–H and O–H groups in total. The number of thiophene rings is 1. The van der Waals surface area contributed by atoms with Gasteiger partial charge in [-0.1, -0.05) is 11.6 Å². The van der Waals surface area contributed by atoms with Gasteiger partial charge in [-0.15, -0.1) is 11.3 Å². The molecular weight excluding hydrogens is 323 g/mol. The van der Waals surface area contributed by atoms with Gasteiger partial charge >= 0.3 is 0 Å². The van der Waals surface area contributed by atoms with Crippen LogP contribution < -0.4 is 10.5 Å². The van der Waals surface area contributed by atoms with E-state index in [1.807, 2.05) is 0 Å². The zero-order valence-electron chi connectivity index (χ0n) is 10.5. The molecule has 0 aliphatic rings. The Kier molecular flexibility index (Phi) is 4.33. The van der Waals surface area contributed by atoms with E-state index < -0.39 is 15.8 Å². The molecule has 0 fully saturated rings. The minimum atomic E-state index is -3.83. The molecule has 0 aliphatic heterocycles. The number of hydrogen-bond donors (Lipinski definition) is 2. The number of rotatable bonds is 4. The monoisotopic (exact) mass is 334 g/mol. The second-order valence-corrected chi connectivity index (χ2v) is 7.69. The van der Waals surface area contributed by atoms with Crippen LogP contribution in [0.2, 0.25) is 4.34 Å². The SMILES string of the molecule is Cc1c(F)cc(N)cc1S(=O)(=O)NCc1ccc(Cl)s1. The van der Waals surface area contributed by atoms with E-state index in [0.717, 1.165) is 10.9 Å². The lowest BCUT2D eigenvalue weighted by atomic mass is 10.2. The molecule has 0 saturated carbocycles. The first-order valence-corrected chi connectivity index (χ1v) is 8.27. The molecule has 1 aromatic heterocycles. The quantitative estimate of drug-likeness (QED) is 0.844. The predicted molar refractivity (Wildman–Crippen MR) is 78.9 cm³/mol. The van der Waals surface area contributed by atoms with E-state index in [-0.39, 0.29) is 22.7 Å². The summed E-state index contributed by atoms with van der Waals surface area (Å²) < 4.78 is 40.9. The summed E-state index contributed by atoms with van der Waals surface area (Å²) in [5, 5.41) is 0.